The van der Waals surface area contributed by atoms with Crippen molar-refractivity contribution in [2.75, 3.05) is 7.11 Å². The normalized spacial score (nSPS) is 8.36. The Kier molecular flexibility index (Phi) is 6.77. The molecule has 4 N–H and O–H groups in total. The van der Waals surface area contributed by atoms with Crippen LogP contribution in [0.1, 0.15) is 0 Å². The maximum Gasteiger partial charge on any atom is 0.493 e. The Morgan fingerprint density at radius 2 is 2.00 bits per heavy atom. The lowest BCUT2D eigenvalue weighted by Gasteiger charge is -2.04. The van der Waals surface area contributed by atoms with Gasteiger partial charge in [0.2, 0.25) is 0 Å². The fraction of sp³-hybridized carbons (Fsp3) is 0.167. The molecule has 0 aliphatic rings. The molecule has 1 heterocycles. The highest BCUT2D eigenvalue weighted by Crippen LogP contribution is 2.02. The summed E-state index contributed by atoms with van der Waals surface area (Å²) >= 11 is 0. The molecule has 0 atom stereocenters. The van der Waals surface area contributed by atoms with Crippen LogP contribution >= 0.6 is 0 Å². The van der Waals surface area contributed by atoms with Crippen LogP contribution in [0.3, 0.4) is 0 Å². The van der Waals surface area contributed by atoms with Gasteiger partial charge in [-0.2, -0.15) is 0 Å². The van der Waals surface area contributed by atoms with Crippen LogP contribution in [0.15, 0.2) is 18.5 Å². The summed E-state index contributed by atoms with van der Waals surface area (Å²) in [4.78, 5) is 3.71. The van der Waals surface area contributed by atoms with E-state index in [2.05, 4.69) is 4.98 Å². The van der Waals surface area contributed by atoms with Crippen LogP contribution in [0.2, 0.25) is 0 Å². The van der Waals surface area contributed by atoms with Crippen LogP contribution in [0, 0.1) is 0 Å². The van der Waals surface area contributed by atoms with Gasteiger partial charge in [0.05, 0.1) is 7.11 Å². The molecule has 8 heteroatoms. The summed E-state index contributed by atoms with van der Waals surface area (Å²) in [6, 6.07) is 1.56. The monoisotopic (exact) mass is 199 g/mol. The number of methoxy groups -OCH3 is 1. The first-order valence-corrected chi connectivity index (χ1v) is 3.73. The molecule has 0 unspecified atom stereocenters. The molecule has 1 rings (SSSR count). The van der Waals surface area contributed by atoms with E-state index in [9.17, 15) is 0 Å². The average Bonchev–Trinajstić information content (AvgIpc) is 2.19. The molecular formula is C6H11B2NO5. The van der Waals surface area contributed by atoms with Gasteiger partial charge in [-0.1, -0.05) is 0 Å². The largest absolute Gasteiger partial charge is 0.497 e. The molecular weight excluding hydrogens is 188 g/mol. The summed E-state index contributed by atoms with van der Waals surface area (Å²) in [5.74, 6) is 0.426. The lowest BCUT2D eigenvalue weighted by Crippen LogP contribution is -2.31. The molecule has 0 bridgehead atoms. The first kappa shape index (κ1) is 12.9. The smallest absolute Gasteiger partial charge is 0.493 e. The Hall–Kier alpha value is -1.08. The standard InChI is InChI=1S/C6H8BNO3.BH3O2/c1-11-6-2-3-8-4-5(6)7(9)10;2-1-3/h2-4,9-10H,1H3;1-3H. The maximum absolute atomic E-state index is 8.77. The quantitative estimate of drug-likeness (QED) is 0.378. The molecule has 0 aliphatic heterocycles. The van der Waals surface area contributed by atoms with E-state index in [1.165, 1.54) is 19.5 Å². The number of ether oxygens (including phenoxy) is 1. The summed E-state index contributed by atoms with van der Waals surface area (Å²) in [5, 5.41) is 31.8. The third-order valence-electron chi connectivity index (χ3n) is 1.31. The van der Waals surface area contributed by atoms with E-state index in [0.29, 0.717) is 5.75 Å². The number of hydrogen-bond donors (Lipinski definition) is 4. The SMILES string of the molecule is COc1ccncc1B(O)O.OBO. The van der Waals surface area contributed by atoms with Crippen LogP contribution in [0.25, 0.3) is 0 Å². The number of aromatic nitrogens is 1. The zero-order valence-electron chi connectivity index (χ0n) is 7.66. The Morgan fingerprint density at radius 3 is 2.36 bits per heavy atom. The molecule has 0 aromatic carbocycles. The fourth-order valence-electron chi connectivity index (χ4n) is 0.774. The minimum atomic E-state index is -1.53. The summed E-state index contributed by atoms with van der Waals surface area (Å²) in [7, 11) is -0.819. The van der Waals surface area contributed by atoms with Crippen molar-refractivity contribution in [3.63, 3.8) is 0 Å². The molecule has 0 radical (unpaired) electrons. The topological polar surface area (TPSA) is 103 Å². The molecule has 14 heavy (non-hydrogen) atoms. The maximum atomic E-state index is 8.77. The van der Waals surface area contributed by atoms with E-state index in [-0.39, 0.29) is 5.46 Å². The van der Waals surface area contributed by atoms with E-state index in [1.807, 2.05) is 0 Å². The van der Waals surface area contributed by atoms with Crippen molar-refractivity contribution >= 4 is 20.3 Å². The van der Waals surface area contributed by atoms with E-state index < -0.39 is 14.8 Å². The molecule has 1 aromatic rings. The summed E-state index contributed by atoms with van der Waals surface area (Å²) in [5.41, 5.74) is 0.273. The zero-order valence-corrected chi connectivity index (χ0v) is 7.66. The first-order valence-electron chi connectivity index (χ1n) is 3.73. The predicted octanol–water partition coefficient (Wildman–Crippen LogP) is -2.99. The highest BCUT2D eigenvalue weighted by molar-refractivity contribution is 6.59. The van der Waals surface area contributed by atoms with Crippen LogP contribution in [-0.4, -0.2) is 47.0 Å². The Morgan fingerprint density at radius 1 is 1.43 bits per heavy atom. The fourth-order valence-corrected chi connectivity index (χ4v) is 0.774. The lowest BCUT2D eigenvalue weighted by molar-refractivity contribution is 0.402. The highest BCUT2D eigenvalue weighted by atomic mass is 16.5. The third-order valence-corrected chi connectivity index (χ3v) is 1.31. The van der Waals surface area contributed by atoms with Crippen molar-refractivity contribution in [1.82, 2.24) is 4.98 Å². The molecule has 0 saturated heterocycles. The number of rotatable bonds is 2. The molecule has 0 fully saturated rings. The van der Waals surface area contributed by atoms with E-state index in [0.717, 1.165) is 0 Å². The second-order valence-electron chi connectivity index (χ2n) is 2.13. The van der Waals surface area contributed by atoms with Gasteiger partial charge in [0.15, 0.2) is 0 Å². The Bertz CT molecular complexity index is 260. The number of pyridine rings is 1. The Labute approximate surface area is 82.3 Å². The van der Waals surface area contributed by atoms with Gasteiger partial charge in [-0.3, -0.25) is 4.98 Å². The van der Waals surface area contributed by atoms with Gasteiger partial charge in [-0.25, -0.2) is 0 Å². The van der Waals surface area contributed by atoms with Gasteiger partial charge in [-0.15, -0.1) is 0 Å². The third kappa shape index (κ3) is 4.24. The summed E-state index contributed by atoms with van der Waals surface area (Å²) < 4.78 is 4.85. The van der Waals surface area contributed by atoms with Gasteiger partial charge in [0, 0.05) is 17.9 Å². The number of hydrogen-bond acceptors (Lipinski definition) is 6. The molecule has 1 aromatic heterocycles. The van der Waals surface area contributed by atoms with Crippen LogP contribution in [0.4, 0.5) is 0 Å². The second kappa shape index (κ2) is 7.34. The van der Waals surface area contributed by atoms with Crippen molar-refractivity contribution in [3.8, 4) is 5.75 Å². The van der Waals surface area contributed by atoms with Gasteiger partial charge in [0.1, 0.15) is 5.75 Å². The van der Waals surface area contributed by atoms with Gasteiger partial charge >= 0.3 is 14.8 Å². The van der Waals surface area contributed by atoms with Gasteiger partial charge in [0.25, 0.3) is 0 Å². The molecule has 76 valence electrons. The predicted molar refractivity (Wildman–Crippen MR) is 52.2 cm³/mol. The van der Waals surface area contributed by atoms with Crippen molar-refractivity contribution in [2.45, 2.75) is 0 Å². The van der Waals surface area contributed by atoms with Crippen molar-refractivity contribution in [3.05, 3.63) is 18.5 Å². The highest BCUT2D eigenvalue weighted by Gasteiger charge is 2.15. The second-order valence-corrected chi connectivity index (χ2v) is 2.13. The minimum absolute atomic E-state index is 0.273. The summed E-state index contributed by atoms with van der Waals surface area (Å²) in [6.07, 6.45) is 2.87. The van der Waals surface area contributed by atoms with Crippen molar-refractivity contribution in [2.24, 2.45) is 0 Å². The number of nitrogens with zero attached hydrogens (tertiary/aromatic N) is 1. The first-order chi connectivity index (χ1) is 6.67. The van der Waals surface area contributed by atoms with Crippen LogP contribution in [-0.2, 0) is 0 Å². The molecule has 0 spiro atoms. The van der Waals surface area contributed by atoms with Crippen molar-refractivity contribution < 1.29 is 24.8 Å². The lowest BCUT2D eigenvalue weighted by atomic mass is 9.81. The molecule has 0 amide bonds. The van der Waals surface area contributed by atoms with Gasteiger partial charge < -0.3 is 24.8 Å². The average molecular weight is 199 g/mol. The zero-order chi connectivity index (χ0) is 11.0. The van der Waals surface area contributed by atoms with E-state index in [1.54, 1.807) is 6.07 Å². The molecule has 6 nitrogen and oxygen atoms in total. The van der Waals surface area contributed by atoms with E-state index >= 15 is 0 Å². The van der Waals surface area contributed by atoms with Crippen LogP contribution < -0.4 is 10.2 Å². The minimum Gasteiger partial charge on any atom is -0.497 e. The molecule has 0 aliphatic carbocycles. The van der Waals surface area contributed by atoms with E-state index in [4.69, 9.17) is 24.8 Å². The summed E-state index contributed by atoms with van der Waals surface area (Å²) in [6.45, 7) is 0. The van der Waals surface area contributed by atoms with Crippen LogP contribution in [0.5, 0.6) is 5.75 Å². The molecule has 0 saturated carbocycles. The van der Waals surface area contributed by atoms with Crippen molar-refractivity contribution in [1.29, 1.82) is 0 Å². The Balaban J connectivity index is 0.000000500. The van der Waals surface area contributed by atoms with Gasteiger partial charge in [-0.05, 0) is 6.07 Å².